The van der Waals surface area contributed by atoms with E-state index in [0.717, 1.165) is 11.3 Å². The van der Waals surface area contributed by atoms with Crippen LogP contribution in [-0.4, -0.2) is 45.3 Å². The smallest absolute Gasteiger partial charge is 0.243 e. The second-order valence-electron chi connectivity index (χ2n) is 9.52. The number of fused-ring (bicyclic) bond motifs is 1. The van der Waals surface area contributed by atoms with E-state index >= 15 is 0 Å². The lowest BCUT2D eigenvalue weighted by Gasteiger charge is -2.39. The van der Waals surface area contributed by atoms with Crippen molar-refractivity contribution in [2.24, 2.45) is 5.41 Å². The van der Waals surface area contributed by atoms with E-state index in [9.17, 15) is 14.0 Å². The number of rotatable bonds is 5. The van der Waals surface area contributed by atoms with Gasteiger partial charge in [0.25, 0.3) is 0 Å². The summed E-state index contributed by atoms with van der Waals surface area (Å²) in [6.07, 6.45) is 2.37. The molecule has 0 spiro atoms. The zero-order chi connectivity index (χ0) is 22.1. The van der Waals surface area contributed by atoms with Crippen LogP contribution in [0.1, 0.15) is 58.3 Å². The van der Waals surface area contributed by atoms with Gasteiger partial charge in [-0.05, 0) is 49.1 Å². The van der Waals surface area contributed by atoms with Crippen LogP contribution in [0, 0.1) is 11.2 Å². The van der Waals surface area contributed by atoms with E-state index in [1.54, 1.807) is 15.9 Å². The summed E-state index contributed by atoms with van der Waals surface area (Å²) in [5.74, 6) is -0.464. The molecule has 1 atom stereocenters. The summed E-state index contributed by atoms with van der Waals surface area (Å²) in [5.41, 5.74) is 1.54. The van der Waals surface area contributed by atoms with E-state index in [2.05, 4.69) is 4.57 Å². The van der Waals surface area contributed by atoms with Gasteiger partial charge in [0.2, 0.25) is 11.8 Å². The minimum absolute atomic E-state index is 0.0199. The molecule has 5 nitrogen and oxygen atoms in total. The molecule has 0 aliphatic carbocycles. The molecule has 0 radical (unpaired) electrons. The molecule has 1 aromatic carbocycles. The zero-order valence-corrected chi connectivity index (χ0v) is 18.6. The number of halogens is 1. The van der Waals surface area contributed by atoms with Gasteiger partial charge in [0.15, 0.2) is 0 Å². The number of aromatic nitrogens is 1. The minimum atomic E-state index is -0.372. The number of hydrogen-bond acceptors (Lipinski definition) is 2. The third kappa shape index (κ3) is 4.91. The Labute approximate surface area is 178 Å². The van der Waals surface area contributed by atoms with Crippen LogP contribution < -0.4 is 0 Å². The predicted molar refractivity (Wildman–Crippen MR) is 115 cm³/mol. The molecule has 0 saturated carbocycles. The molecule has 30 heavy (non-hydrogen) atoms. The first-order valence-corrected chi connectivity index (χ1v) is 10.6. The molecule has 1 unspecified atom stereocenters. The van der Waals surface area contributed by atoms with Gasteiger partial charge < -0.3 is 14.4 Å². The number of nitrogens with zero attached hydrogens (tertiary/aromatic N) is 3. The standard InChI is InChI=1S/C24H32FN3O2/c1-17(2)28(21(29)15-24(3,4)5)16-22(30)27-13-12-26-11-7-10-20(26)23(27)18-8-6-9-19(25)14-18/h6-11,14,17,23H,12-13,15-16H2,1-5H3. The highest BCUT2D eigenvalue weighted by Crippen LogP contribution is 2.33. The number of amides is 2. The fourth-order valence-electron chi connectivity index (χ4n) is 4.03. The highest BCUT2D eigenvalue weighted by atomic mass is 19.1. The molecule has 1 aliphatic rings. The Morgan fingerprint density at radius 3 is 2.53 bits per heavy atom. The van der Waals surface area contributed by atoms with E-state index in [0.29, 0.717) is 19.5 Å². The second kappa shape index (κ2) is 8.62. The van der Waals surface area contributed by atoms with Crippen LogP contribution in [0.15, 0.2) is 42.6 Å². The maximum atomic E-state index is 14.0. The highest BCUT2D eigenvalue weighted by molar-refractivity contribution is 5.86. The highest BCUT2D eigenvalue weighted by Gasteiger charge is 2.34. The lowest BCUT2D eigenvalue weighted by Crippen LogP contribution is -2.50. The third-order valence-electron chi connectivity index (χ3n) is 5.45. The van der Waals surface area contributed by atoms with Crippen molar-refractivity contribution in [2.75, 3.05) is 13.1 Å². The summed E-state index contributed by atoms with van der Waals surface area (Å²) in [5, 5.41) is 0. The first-order valence-electron chi connectivity index (χ1n) is 10.6. The molecule has 2 heterocycles. The van der Waals surface area contributed by atoms with Crippen LogP contribution >= 0.6 is 0 Å². The lowest BCUT2D eigenvalue weighted by molar-refractivity contribution is -0.144. The zero-order valence-electron chi connectivity index (χ0n) is 18.6. The van der Waals surface area contributed by atoms with Crippen LogP contribution in [0.5, 0.6) is 0 Å². The van der Waals surface area contributed by atoms with E-state index < -0.39 is 0 Å². The average Bonchev–Trinajstić information content (AvgIpc) is 3.12. The van der Waals surface area contributed by atoms with Crippen molar-refractivity contribution in [3.63, 3.8) is 0 Å². The summed E-state index contributed by atoms with van der Waals surface area (Å²) < 4.78 is 16.1. The number of hydrogen-bond donors (Lipinski definition) is 0. The fourth-order valence-corrected chi connectivity index (χ4v) is 4.03. The first-order chi connectivity index (χ1) is 14.1. The topological polar surface area (TPSA) is 45.6 Å². The van der Waals surface area contributed by atoms with Gasteiger partial charge in [-0.3, -0.25) is 9.59 Å². The molecule has 1 aliphatic heterocycles. The Balaban J connectivity index is 1.88. The van der Waals surface area contributed by atoms with Gasteiger partial charge in [-0.15, -0.1) is 0 Å². The number of carbonyl (C=O) groups excluding carboxylic acids is 2. The summed E-state index contributed by atoms with van der Waals surface area (Å²) >= 11 is 0. The van der Waals surface area contributed by atoms with Gasteiger partial charge in [0, 0.05) is 37.4 Å². The van der Waals surface area contributed by atoms with Crippen LogP contribution in [0.25, 0.3) is 0 Å². The molecule has 0 saturated heterocycles. The van der Waals surface area contributed by atoms with E-state index in [1.807, 2.05) is 59.0 Å². The summed E-state index contributed by atoms with van der Waals surface area (Å²) in [7, 11) is 0. The quantitative estimate of drug-likeness (QED) is 0.736. The molecule has 0 fully saturated rings. The Kier molecular flexibility index (Phi) is 6.34. The number of carbonyl (C=O) groups is 2. The molecule has 1 aromatic heterocycles. The SMILES string of the molecule is CC(C)N(CC(=O)N1CCn2cccc2C1c1cccc(F)c1)C(=O)CC(C)(C)C. The first kappa shape index (κ1) is 22.1. The van der Waals surface area contributed by atoms with Crippen molar-refractivity contribution in [2.45, 2.75) is 59.7 Å². The van der Waals surface area contributed by atoms with Crippen LogP contribution in [0.2, 0.25) is 0 Å². The Hall–Kier alpha value is -2.63. The summed E-state index contributed by atoms with van der Waals surface area (Å²) in [4.78, 5) is 29.7. The van der Waals surface area contributed by atoms with Gasteiger partial charge in [0.1, 0.15) is 12.4 Å². The molecule has 0 bridgehead atoms. The van der Waals surface area contributed by atoms with Gasteiger partial charge in [0.05, 0.1) is 6.04 Å². The molecule has 2 amide bonds. The maximum absolute atomic E-state index is 14.0. The molecule has 2 aromatic rings. The maximum Gasteiger partial charge on any atom is 0.243 e. The van der Waals surface area contributed by atoms with Crippen LogP contribution in [0.4, 0.5) is 4.39 Å². The normalized spacial score (nSPS) is 16.5. The van der Waals surface area contributed by atoms with E-state index in [1.165, 1.54) is 12.1 Å². The van der Waals surface area contributed by atoms with Crippen molar-refractivity contribution in [3.8, 4) is 0 Å². The van der Waals surface area contributed by atoms with E-state index in [4.69, 9.17) is 0 Å². The van der Waals surface area contributed by atoms with Crippen molar-refractivity contribution in [3.05, 3.63) is 59.7 Å². The van der Waals surface area contributed by atoms with E-state index in [-0.39, 0.29) is 41.7 Å². The fraction of sp³-hybridized carbons (Fsp3) is 0.500. The summed E-state index contributed by atoms with van der Waals surface area (Å²) in [6, 6.07) is 9.88. The van der Waals surface area contributed by atoms with Crippen LogP contribution in [0.3, 0.4) is 0 Å². The van der Waals surface area contributed by atoms with Crippen LogP contribution in [-0.2, 0) is 16.1 Å². The minimum Gasteiger partial charge on any atom is -0.348 e. The Morgan fingerprint density at radius 1 is 1.17 bits per heavy atom. The summed E-state index contributed by atoms with van der Waals surface area (Å²) in [6.45, 7) is 11.1. The van der Waals surface area contributed by atoms with Crippen molar-refractivity contribution >= 4 is 11.8 Å². The monoisotopic (exact) mass is 413 g/mol. The van der Waals surface area contributed by atoms with Crippen molar-refractivity contribution in [1.82, 2.24) is 14.4 Å². The van der Waals surface area contributed by atoms with Crippen molar-refractivity contribution in [1.29, 1.82) is 0 Å². The number of benzene rings is 1. The Morgan fingerprint density at radius 2 is 1.90 bits per heavy atom. The molecule has 3 rings (SSSR count). The molecule has 0 N–H and O–H groups in total. The Bertz CT molecular complexity index is 913. The largest absolute Gasteiger partial charge is 0.348 e. The van der Waals surface area contributed by atoms with Crippen molar-refractivity contribution < 1.29 is 14.0 Å². The average molecular weight is 414 g/mol. The lowest BCUT2D eigenvalue weighted by atomic mass is 9.91. The third-order valence-corrected chi connectivity index (χ3v) is 5.45. The van der Waals surface area contributed by atoms with Gasteiger partial charge >= 0.3 is 0 Å². The van der Waals surface area contributed by atoms with Gasteiger partial charge in [-0.25, -0.2) is 4.39 Å². The predicted octanol–water partition coefficient (Wildman–Crippen LogP) is 4.23. The second-order valence-corrected chi connectivity index (χ2v) is 9.52. The molecular weight excluding hydrogens is 381 g/mol. The van der Waals surface area contributed by atoms with Gasteiger partial charge in [-0.2, -0.15) is 0 Å². The molecule has 6 heteroatoms. The molecule has 162 valence electrons. The van der Waals surface area contributed by atoms with Gasteiger partial charge in [-0.1, -0.05) is 32.9 Å². The molecular formula is C24H32FN3O2.